The predicted molar refractivity (Wildman–Crippen MR) is 90.6 cm³/mol. The third-order valence-electron chi connectivity index (χ3n) is 4.01. The van der Waals surface area contributed by atoms with Crippen molar-refractivity contribution in [3.05, 3.63) is 46.4 Å². The molecule has 0 bridgehead atoms. The minimum absolute atomic E-state index is 0.175. The normalized spacial score (nSPS) is 14.4. The molecule has 0 unspecified atom stereocenters. The highest BCUT2D eigenvalue weighted by atomic mass is 79.9. The lowest BCUT2D eigenvalue weighted by molar-refractivity contribution is 0.0748. The van der Waals surface area contributed by atoms with E-state index in [0.717, 1.165) is 46.2 Å². The summed E-state index contributed by atoms with van der Waals surface area (Å²) in [5, 5.41) is 2.28. The van der Waals surface area contributed by atoms with E-state index in [0.29, 0.717) is 0 Å². The second-order valence-electron chi connectivity index (χ2n) is 5.90. The Balaban J connectivity index is 1.86. The van der Waals surface area contributed by atoms with E-state index in [1.54, 1.807) is 0 Å². The molecule has 110 valence electrons. The number of carbonyl (C=O) groups is 1. The van der Waals surface area contributed by atoms with Gasteiger partial charge in [0.2, 0.25) is 0 Å². The molecule has 1 saturated carbocycles. The van der Waals surface area contributed by atoms with Crippen molar-refractivity contribution in [2.24, 2.45) is 5.92 Å². The fourth-order valence-corrected chi connectivity index (χ4v) is 3.07. The summed E-state index contributed by atoms with van der Waals surface area (Å²) >= 11 is 3.48. The van der Waals surface area contributed by atoms with Crippen LogP contribution in [-0.4, -0.2) is 23.9 Å². The van der Waals surface area contributed by atoms with Gasteiger partial charge in [0.15, 0.2) is 0 Å². The summed E-state index contributed by atoms with van der Waals surface area (Å²) in [7, 11) is 0. The zero-order valence-corrected chi connectivity index (χ0v) is 13.9. The van der Waals surface area contributed by atoms with Crippen molar-refractivity contribution < 1.29 is 4.79 Å². The van der Waals surface area contributed by atoms with Crippen molar-refractivity contribution >= 4 is 32.6 Å². The van der Waals surface area contributed by atoms with Crippen molar-refractivity contribution in [1.29, 1.82) is 0 Å². The van der Waals surface area contributed by atoms with Crippen molar-refractivity contribution in [2.75, 3.05) is 13.1 Å². The van der Waals surface area contributed by atoms with E-state index < -0.39 is 0 Å². The SMILES string of the molecule is CCCN(CC1CC1)C(=O)c1ccc2cc(Br)ccc2c1. The molecule has 0 N–H and O–H groups in total. The summed E-state index contributed by atoms with van der Waals surface area (Å²) in [6.45, 7) is 3.91. The first-order valence-electron chi connectivity index (χ1n) is 7.66. The number of amides is 1. The molecule has 1 fully saturated rings. The standard InChI is InChI=1S/C18H20BrNO/c1-2-9-20(12-13-3-4-13)18(21)16-6-5-15-11-17(19)8-7-14(15)10-16/h5-8,10-11,13H,2-4,9,12H2,1H3. The molecule has 0 aromatic heterocycles. The number of carbonyl (C=O) groups excluding carboxylic acids is 1. The Hall–Kier alpha value is -1.35. The lowest BCUT2D eigenvalue weighted by Gasteiger charge is -2.22. The van der Waals surface area contributed by atoms with E-state index >= 15 is 0 Å². The van der Waals surface area contributed by atoms with Gasteiger partial charge in [0.05, 0.1) is 0 Å². The molecule has 0 atom stereocenters. The smallest absolute Gasteiger partial charge is 0.253 e. The Morgan fingerprint density at radius 2 is 1.90 bits per heavy atom. The largest absolute Gasteiger partial charge is 0.338 e. The van der Waals surface area contributed by atoms with E-state index in [9.17, 15) is 4.79 Å². The van der Waals surface area contributed by atoms with Crippen LogP contribution >= 0.6 is 15.9 Å². The van der Waals surface area contributed by atoms with Crippen LogP contribution < -0.4 is 0 Å². The van der Waals surface area contributed by atoms with Crippen LogP contribution in [0.2, 0.25) is 0 Å². The Morgan fingerprint density at radius 3 is 2.62 bits per heavy atom. The first-order valence-corrected chi connectivity index (χ1v) is 8.45. The maximum atomic E-state index is 12.7. The highest BCUT2D eigenvalue weighted by Gasteiger charge is 2.26. The van der Waals surface area contributed by atoms with Gasteiger partial charge in [0, 0.05) is 23.1 Å². The number of rotatable bonds is 5. The van der Waals surface area contributed by atoms with E-state index in [4.69, 9.17) is 0 Å². The van der Waals surface area contributed by atoms with Gasteiger partial charge in [-0.1, -0.05) is 35.0 Å². The van der Waals surface area contributed by atoms with Crippen LogP contribution in [0, 0.1) is 5.92 Å². The van der Waals surface area contributed by atoms with Crippen LogP contribution in [-0.2, 0) is 0 Å². The maximum absolute atomic E-state index is 12.7. The van der Waals surface area contributed by atoms with Gasteiger partial charge in [-0.3, -0.25) is 4.79 Å². The zero-order valence-electron chi connectivity index (χ0n) is 12.3. The van der Waals surface area contributed by atoms with E-state index in [1.165, 1.54) is 12.8 Å². The molecule has 0 saturated heterocycles. The van der Waals surface area contributed by atoms with Gasteiger partial charge in [0.1, 0.15) is 0 Å². The van der Waals surface area contributed by atoms with Gasteiger partial charge in [-0.25, -0.2) is 0 Å². The van der Waals surface area contributed by atoms with Crippen LogP contribution in [0.5, 0.6) is 0 Å². The summed E-state index contributed by atoms with van der Waals surface area (Å²) in [5.41, 5.74) is 0.805. The molecular formula is C18H20BrNO. The van der Waals surface area contributed by atoms with Gasteiger partial charge in [-0.15, -0.1) is 0 Å². The first kappa shape index (κ1) is 14.6. The lowest BCUT2D eigenvalue weighted by atomic mass is 10.1. The second-order valence-corrected chi connectivity index (χ2v) is 6.82. The highest BCUT2D eigenvalue weighted by Crippen LogP contribution is 2.30. The summed E-state index contributed by atoms with van der Waals surface area (Å²) in [5.74, 6) is 0.908. The summed E-state index contributed by atoms with van der Waals surface area (Å²) in [6, 6.07) is 12.2. The third kappa shape index (κ3) is 3.46. The van der Waals surface area contributed by atoms with E-state index in [-0.39, 0.29) is 5.91 Å². The number of hydrogen-bond acceptors (Lipinski definition) is 1. The Bertz CT molecular complexity index is 663. The fraction of sp³-hybridized carbons (Fsp3) is 0.389. The minimum Gasteiger partial charge on any atom is -0.338 e. The van der Waals surface area contributed by atoms with E-state index in [2.05, 4.69) is 35.0 Å². The molecule has 2 aromatic carbocycles. The van der Waals surface area contributed by atoms with Crippen molar-refractivity contribution in [2.45, 2.75) is 26.2 Å². The van der Waals surface area contributed by atoms with Crippen molar-refractivity contribution in [3.8, 4) is 0 Å². The lowest BCUT2D eigenvalue weighted by Crippen LogP contribution is -2.33. The number of hydrogen-bond donors (Lipinski definition) is 0. The first-order chi connectivity index (χ1) is 10.2. The summed E-state index contributed by atoms with van der Waals surface area (Å²) < 4.78 is 1.07. The molecule has 0 aliphatic heterocycles. The van der Waals surface area contributed by atoms with Gasteiger partial charge >= 0.3 is 0 Å². The van der Waals surface area contributed by atoms with Crippen LogP contribution in [0.15, 0.2) is 40.9 Å². The molecule has 1 aliphatic rings. The second kappa shape index (κ2) is 6.18. The maximum Gasteiger partial charge on any atom is 0.253 e. The number of benzene rings is 2. The average molecular weight is 346 g/mol. The van der Waals surface area contributed by atoms with Gasteiger partial charge in [-0.05, 0) is 60.2 Å². The van der Waals surface area contributed by atoms with Crippen LogP contribution in [0.1, 0.15) is 36.5 Å². The molecule has 3 rings (SSSR count). The Labute approximate surface area is 134 Å². The van der Waals surface area contributed by atoms with Gasteiger partial charge in [0.25, 0.3) is 5.91 Å². The molecule has 1 amide bonds. The topological polar surface area (TPSA) is 20.3 Å². The monoisotopic (exact) mass is 345 g/mol. The highest BCUT2D eigenvalue weighted by molar-refractivity contribution is 9.10. The molecule has 21 heavy (non-hydrogen) atoms. The van der Waals surface area contributed by atoms with Gasteiger partial charge in [-0.2, -0.15) is 0 Å². The molecule has 1 aliphatic carbocycles. The molecule has 2 aromatic rings. The summed E-state index contributed by atoms with van der Waals surface area (Å²) in [6.07, 6.45) is 3.57. The Morgan fingerprint density at radius 1 is 1.19 bits per heavy atom. The van der Waals surface area contributed by atoms with Crippen LogP contribution in [0.3, 0.4) is 0 Å². The molecule has 0 radical (unpaired) electrons. The third-order valence-corrected chi connectivity index (χ3v) is 4.50. The van der Waals surface area contributed by atoms with Crippen LogP contribution in [0.4, 0.5) is 0 Å². The quantitative estimate of drug-likeness (QED) is 0.757. The molecular weight excluding hydrogens is 326 g/mol. The van der Waals surface area contributed by atoms with Gasteiger partial charge < -0.3 is 4.90 Å². The fourth-order valence-electron chi connectivity index (χ4n) is 2.69. The number of halogens is 1. The number of nitrogens with zero attached hydrogens (tertiary/aromatic N) is 1. The molecule has 0 heterocycles. The Kier molecular flexibility index (Phi) is 4.29. The zero-order chi connectivity index (χ0) is 14.8. The number of fused-ring (bicyclic) bond motifs is 1. The predicted octanol–water partition coefficient (Wildman–Crippen LogP) is 4.86. The average Bonchev–Trinajstić information content (AvgIpc) is 3.29. The van der Waals surface area contributed by atoms with Crippen LogP contribution in [0.25, 0.3) is 10.8 Å². The van der Waals surface area contributed by atoms with Crippen molar-refractivity contribution in [3.63, 3.8) is 0 Å². The minimum atomic E-state index is 0.175. The molecule has 0 spiro atoms. The molecule has 3 heteroatoms. The summed E-state index contributed by atoms with van der Waals surface area (Å²) in [4.78, 5) is 14.8. The molecule has 2 nitrogen and oxygen atoms in total. The van der Waals surface area contributed by atoms with E-state index in [1.807, 2.05) is 29.2 Å². The van der Waals surface area contributed by atoms with Crippen molar-refractivity contribution in [1.82, 2.24) is 4.90 Å².